The predicted molar refractivity (Wildman–Crippen MR) is 103 cm³/mol. The van der Waals surface area contributed by atoms with E-state index in [9.17, 15) is 19.3 Å². The first kappa shape index (κ1) is 19.4. The van der Waals surface area contributed by atoms with Gasteiger partial charge in [-0.2, -0.15) is 0 Å². The molecule has 1 saturated heterocycles. The molecule has 1 fully saturated rings. The van der Waals surface area contributed by atoms with E-state index >= 15 is 0 Å². The van der Waals surface area contributed by atoms with Crippen LogP contribution in [0.3, 0.4) is 0 Å². The van der Waals surface area contributed by atoms with Gasteiger partial charge in [0.2, 0.25) is 0 Å². The van der Waals surface area contributed by atoms with Crippen LogP contribution in [0.2, 0.25) is 0 Å². The van der Waals surface area contributed by atoms with Crippen molar-refractivity contribution in [2.24, 2.45) is 5.92 Å². The van der Waals surface area contributed by atoms with E-state index in [0.29, 0.717) is 35.2 Å². The summed E-state index contributed by atoms with van der Waals surface area (Å²) < 4.78 is 13.3. The summed E-state index contributed by atoms with van der Waals surface area (Å²) in [6.07, 6.45) is 2.05. The summed E-state index contributed by atoms with van der Waals surface area (Å²) in [4.78, 5) is 26.0. The lowest BCUT2D eigenvalue weighted by molar-refractivity contribution is -0.387. The Balaban J connectivity index is 1.78. The second kappa shape index (κ2) is 8.52. The van der Waals surface area contributed by atoms with Gasteiger partial charge in [-0.15, -0.1) is 11.8 Å². The van der Waals surface area contributed by atoms with Gasteiger partial charge in [0.15, 0.2) is 0 Å². The molecule has 0 aromatic heterocycles. The quantitative estimate of drug-likeness (QED) is 0.415. The van der Waals surface area contributed by atoms with Crippen molar-refractivity contribution in [3.8, 4) is 0 Å². The maximum Gasteiger partial charge on any atom is 0.283 e. The van der Waals surface area contributed by atoms with Gasteiger partial charge in [-0.25, -0.2) is 4.39 Å². The van der Waals surface area contributed by atoms with Crippen molar-refractivity contribution in [1.82, 2.24) is 4.90 Å². The van der Waals surface area contributed by atoms with Crippen LogP contribution in [0.25, 0.3) is 0 Å². The Kier molecular flexibility index (Phi) is 6.11. The maximum atomic E-state index is 13.3. The van der Waals surface area contributed by atoms with Crippen LogP contribution in [-0.2, 0) is 5.75 Å². The highest BCUT2D eigenvalue weighted by Crippen LogP contribution is 2.33. The summed E-state index contributed by atoms with van der Waals surface area (Å²) in [6, 6.07) is 10.8. The Labute approximate surface area is 161 Å². The number of rotatable bonds is 5. The van der Waals surface area contributed by atoms with Gasteiger partial charge >= 0.3 is 0 Å². The fraction of sp³-hybridized carbons (Fsp3) is 0.350. The van der Waals surface area contributed by atoms with Crippen molar-refractivity contribution in [2.45, 2.75) is 30.4 Å². The number of halogens is 1. The number of thioether (sulfide) groups is 1. The highest BCUT2D eigenvalue weighted by Gasteiger charge is 2.24. The minimum atomic E-state index is -0.469. The van der Waals surface area contributed by atoms with Crippen molar-refractivity contribution in [3.63, 3.8) is 0 Å². The standard InChI is InChI=1S/C20H21FN2O3S/c1-14-4-3-9-22(12-14)20(24)16-7-8-19(18(11-16)23(25)26)27-13-15-5-2-6-17(21)10-15/h2,5-8,10-11,14H,3-4,9,12-13H2,1H3/t14-/m1/s1. The molecular weight excluding hydrogens is 367 g/mol. The third-order valence-corrected chi connectivity index (χ3v) is 5.76. The molecule has 0 bridgehead atoms. The molecule has 1 amide bonds. The van der Waals surface area contributed by atoms with Gasteiger partial charge in [-0.1, -0.05) is 19.1 Å². The van der Waals surface area contributed by atoms with Crippen molar-refractivity contribution in [1.29, 1.82) is 0 Å². The van der Waals surface area contributed by atoms with Gasteiger partial charge in [0.1, 0.15) is 5.82 Å². The molecule has 1 aliphatic heterocycles. The lowest BCUT2D eigenvalue weighted by Gasteiger charge is -2.31. The second-order valence-corrected chi connectivity index (χ2v) is 7.87. The molecule has 1 aliphatic rings. The first-order valence-electron chi connectivity index (χ1n) is 8.89. The SMILES string of the molecule is C[C@@H]1CCCN(C(=O)c2ccc(SCc3cccc(F)c3)c([N+](=O)[O-])c2)C1. The van der Waals surface area contributed by atoms with Crippen LogP contribution in [-0.4, -0.2) is 28.8 Å². The Morgan fingerprint density at radius 2 is 2.15 bits per heavy atom. The summed E-state index contributed by atoms with van der Waals surface area (Å²) in [5.74, 6) is 0.361. The first-order chi connectivity index (χ1) is 12.9. The van der Waals surface area contributed by atoms with E-state index in [-0.39, 0.29) is 17.4 Å². The molecule has 7 heteroatoms. The fourth-order valence-corrected chi connectivity index (χ4v) is 4.21. The number of carbonyl (C=O) groups excluding carboxylic acids is 1. The van der Waals surface area contributed by atoms with Gasteiger partial charge in [-0.05, 0) is 48.6 Å². The molecule has 3 rings (SSSR count). The molecule has 142 valence electrons. The zero-order valence-electron chi connectivity index (χ0n) is 15.1. The van der Waals surface area contributed by atoms with Crippen LogP contribution in [0, 0.1) is 21.8 Å². The predicted octanol–water partition coefficient (Wildman–Crippen LogP) is 4.90. The fourth-order valence-electron chi connectivity index (χ4n) is 3.26. The molecule has 0 aliphatic carbocycles. The number of nitro groups is 1. The Morgan fingerprint density at radius 1 is 1.33 bits per heavy atom. The molecule has 1 heterocycles. The van der Waals surface area contributed by atoms with Crippen LogP contribution in [0.15, 0.2) is 47.4 Å². The monoisotopic (exact) mass is 388 g/mol. The summed E-state index contributed by atoms with van der Waals surface area (Å²) in [7, 11) is 0. The highest BCUT2D eigenvalue weighted by atomic mass is 32.2. The second-order valence-electron chi connectivity index (χ2n) is 6.86. The van der Waals surface area contributed by atoms with Crippen LogP contribution in [0.1, 0.15) is 35.7 Å². The van der Waals surface area contributed by atoms with Crippen LogP contribution < -0.4 is 0 Å². The van der Waals surface area contributed by atoms with Gasteiger partial charge < -0.3 is 4.90 Å². The number of hydrogen-bond acceptors (Lipinski definition) is 4. The molecule has 0 saturated carbocycles. The van der Waals surface area contributed by atoms with Gasteiger partial charge in [0.25, 0.3) is 11.6 Å². The molecule has 0 unspecified atom stereocenters. The minimum Gasteiger partial charge on any atom is -0.338 e. The molecule has 0 spiro atoms. The van der Waals surface area contributed by atoms with Crippen molar-refractivity contribution in [2.75, 3.05) is 13.1 Å². The number of benzene rings is 2. The van der Waals surface area contributed by atoms with E-state index in [1.54, 1.807) is 29.2 Å². The third-order valence-electron chi connectivity index (χ3n) is 4.63. The van der Waals surface area contributed by atoms with Gasteiger partial charge in [0, 0.05) is 30.5 Å². The minimum absolute atomic E-state index is 0.0905. The normalized spacial score (nSPS) is 17.0. The average Bonchev–Trinajstić information content (AvgIpc) is 2.65. The number of likely N-dealkylation sites (tertiary alicyclic amines) is 1. The van der Waals surface area contributed by atoms with E-state index in [4.69, 9.17) is 0 Å². The summed E-state index contributed by atoms with van der Waals surface area (Å²) in [5.41, 5.74) is 0.995. The Morgan fingerprint density at radius 3 is 2.85 bits per heavy atom. The zero-order chi connectivity index (χ0) is 19.4. The van der Waals surface area contributed by atoms with Crippen molar-refractivity contribution < 1.29 is 14.1 Å². The lowest BCUT2D eigenvalue weighted by Crippen LogP contribution is -2.39. The zero-order valence-corrected chi connectivity index (χ0v) is 15.9. The Hall–Kier alpha value is -2.41. The van der Waals surface area contributed by atoms with Gasteiger partial charge in [-0.3, -0.25) is 14.9 Å². The number of hydrogen-bond donors (Lipinski definition) is 0. The average molecular weight is 388 g/mol. The van der Waals surface area contributed by atoms with Crippen LogP contribution in [0.4, 0.5) is 10.1 Å². The van der Waals surface area contributed by atoms with Crippen LogP contribution in [0.5, 0.6) is 0 Å². The molecular formula is C20H21FN2O3S. The largest absolute Gasteiger partial charge is 0.338 e. The van der Waals surface area contributed by atoms with Gasteiger partial charge in [0.05, 0.1) is 9.82 Å². The van der Waals surface area contributed by atoms with E-state index < -0.39 is 4.92 Å². The molecule has 27 heavy (non-hydrogen) atoms. The first-order valence-corrected chi connectivity index (χ1v) is 9.87. The molecule has 0 N–H and O–H groups in total. The topological polar surface area (TPSA) is 63.5 Å². The summed E-state index contributed by atoms with van der Waals surface area (Å²) in [6.45, 7) is 3.48. The van der Waals surface area contributed by atoms with Crippen LogP contribution >= 0.6 is 11.8 Å². The van der Waals surface area contributed by atoms with E-state index in [1.807, 2.05) is 0 Å². The number of piperidine rings is 1. The molecule has 1 atom stereocenters. The molecule has 2 aromatic rings. The molecule has 2 aromatic carbocycles. The number of amides is 1. The molecule has 0 radical (unpaired) electrons. The third kappa shape index (κ3) is 4.86. The van der Waals surface area contributed by atoms with E-state index in [2.05, 4.69) is 6.92 Å². The van der Waals surface area contributed by atoms with E-state index in [1.165, 1.54) is 30.0 Å². The lowest BCUT2D eigenvalue weighted by atomic mass is 9.99. The summed E-state index contributed by atoms with van der Waals surface area (Å²) >= 11 is 1.26. The van der Waals surface area contributed by atoms with Crippen molar-refractivity contribution >= 4 is 23.4 Å². The maximum absolute atomic E-state index is 13.3. The smallest absolute Gasteiger partial charge is 0.283 e. The number of nitro benzene ring substituents is 1. The number of carbonyl (C=O) groups is 1. The van der Waals surface area contributed by atoms with E-state index in [0.717, 1.165) is 18.4 Å². The number of nitrogens with zero attached hydrogens (tertiary/aromatic N) is 2. The summed E-state index contributed by atoms with van der Waals surface area (Å²) in [5, 5.41) is 11.5. The Bertz CT molecular complexity index is 859. The highest BCUT2D eigenvalue weighted by molar-refractivity contribution is 7.98. The van der Waals surface area contributed by atoms with Crippen molar-refractivity contribution in [3.05, 3.63) is 69.5 Å². The molecule has 5 nitrogen and oxygen atoms in total.